The quantitative estimate of drug-likeness (QED) is 0.243. The summed E-state index contributed by atoms with van der Waals surface area (Å²) in [5.74, 6) is 0.678. The molecule has 0 radical (unpaired) electrons. The van der Waals surface area contributed by atoms with Gasteiger partial charge in [-0.1, -0.05) is 54.1 Å². The summed E-state index contributed by atoms with van der Waals surface area (Å²) in [5, 5.41) is 13.1. The second-order valence-electron chi connectivity index (χ2n) is 7.38. The van der Waals surface area contributed by atoms with Crippen molar-refractivity contribution in [1.29, 1.82) is 0 Å². The highest BCUT2D eigenvalue weighted by atomic mass is 35.5. The van der Waals surface area contributed by atoms with Gasteiger partial charge in [0.15, 0.2) is 11.5 Å². The first-order valence-electron chi connectivity index (χ1n) is 10.4. The molecule has 164 valence electrons. The van der Waals surface area contributed by atoms with E-state index in [1.165, 1.54) is 0 Å². The Bertz CT molecular complexity index is 1240. The highest BCUT2D eigenvalue weighted by Crippen LogP contribution is 2.37. The molecule has 0 aliphatic carbocycles. The van der Waals surface area contributed by atoms with Crippen LogP contribution in [0.5, 0.6) is 11.5 Å². The number of halogens is 1. The van der Waals surface area contributed by atoms with Crippen LogP contribution in [0.4, 0.5) is 0 Å². The van der Waals surface area contributed by atoms with E-state index in [1.807, 2.05) is 73.8 Å². The van der Waals surface area contributed by atoms with E-state index in [4.69, 9.17) is 21.1 Å². The molecule has 4 rings (SSSR count). The molecule has 0 fully saturated rings. The van der Waals surface area contributed by atoms with Crippen molar-refractivity contribution in [2.75, 3.05) is 13.2 Å². The number of para-hydroxylation sites is 1. The number of aromatic amines is 1. The molecule has 1 aromatic heterocycles. The number of rotatable bonds is 9. The lowest BCUT2D eigenvalue weighted by molar-refractivity contribution is -0.481. The van der Waals surface area contributed by atoms with Gasteiger partial charge in [0, 0.05) is 32.6 Å². The summed E-state index contributed by atoms with van der Waals surface area (Å²) in [4.78, 5) is 14.4. The van der Waals surface area contributed by atoms with Crippen LogP contribution in [0.15, 0.2) is 72.9 Å². The first kappa shape index (κ1) is 21.7. The van der Waals surface area contributed by atoms with Crippen LogP contribution in [0.1, 0.15) is 29.5 Å². The molecule has 1 heterocycles. The van der Waals surface area contributed by atoms with E-state index in [2.05, 4.69) is 4.98 Å². The standard InChI is InChI=1S/C25H23ClN2O4/c1-2-31-25-13-17(11-12-24(25)32-16-18-7-3-5-9-22(18)26)21(15-28(29)30)20-14-27-23-10-6-4-8-19(20)23/h3-14,21,27H,2,15-16H2,1H3/t21-/m0/s1. The van der Waals surface area contributed by atoms with Gasteiger partial charge in [-0.25, -0.2) is 0 Å². The van der Waals surface area contributed by atoms with E-state index in [-0.39, 0.29) is 11.5 Å². The lowest BCUT2D eigenvalue weighted by atomic mass is 9.90. The number of nitrogens with zero attached hydrogens (tertiary/aromatic N) is 1. The first-order chi connectivity index (χ1) is 15.6. The monoisotopic (exact) mass is 450 g/mol. The van der Waals surface area contributed by atoms with Crippen LogP contribution in [0.3, 0.4) is 0 Å². The number of hydrogen-bond acceptors (Lipinski definition) is 4. The maximum Gasteiger partial charge on any atom is 0.214 e. The lowest BCUT2D eigenvalue weighted by Crippen LogP contribution is -2.14. The van der Waals surface area contributed by atoms with Crippen molar-refractivity contribution in [3.8, 4) is 11.5 Å². The van der Waals surface area contributed by atoms with Crippen molar-refractivity contribution in [3.63, 3.8) is 0 Å². The molecule has 4 aromatic rings. The molecule has 0 saturated heterocycles. The Morgan fingerprint density at radius 3 is 2.59 bits per heavy atom. The zero-order valence-electron chi connectivity index (χ0n) is 17.6. The molecule has 0 aliphatic rings. The minimum absolute atomic E-state index is 0.229. The van der Waals surface area contributed by atoms with E-state index >= 15 is 0 Å². The van der Waals surface area contributed by atoms with Crippen LogP contribution in [0.25, 0.3) is 10.9 Å². The number of nitro groups is 1. The maximum absolute atomic E-state index is 11.5. The van der Waals surface area contributed by atoms with Gasteiger partial charge in [0.05, 0.1) is 12.5 Å². The second-order valence-corrected chi connectivity index (χ2v) is 7.78. The van der Waals surface area contributed by atoms with Crippen molar-refractivity contribution >= 4 is 22.5 Å². The van der Waals surface area contributed by atoms with Crippen LogP contribution < -0.4 is 9.47 Å². The van der Waals surface area contributed by atoms with E-state index < -0.39 is 5.92 Å². The van der Waals surface area contributed by atoms with Crippen molar-refractivity contribution in [2.24, 2.45) is 0 Å². The normalized spacial score (nSPS) is 11.9. The third-order valence-electron chi connectivity index (χ3n) is 5.34. The summed E-state index contributed by atoms with van der Waals surface area (Å²) in [6.45, 7) is 2.39. The zero-order chi connectivity index (χ0) is 22.5. The molecule has 1 atom stereocenters. The van der Waals surface area contributed by atoms with Gasteiger partial charge in [-0.05, 0) is 42.3 Å². The molecular weight excluding hydrogens is 428 g/mol. The molecule has 3 aromatic carbocycles. The fourth-order valence-corrected chi connectivity index (χ4v) is 4.00. The number of hydrogen-bond donors (Lipinski definition) is 1. The Balaban J connectivity index is 1.68. The molecule has 0 amide bonds. The molecule has 0 saturated carbocycles. The molecule has 0 aliphatic heterocycles. The van der Waals surface area contributed by atoms with Crippen molar-refractivity contribution in [3.05, 3.63) is 105 Å². The van der Waals surface area contributed by atoms with Gasteiger partial charge in [0.1, 0.15) is 6.61 Å². The van der Waals surface area contributed by atoms with E-state index in [9.17, 15) is 10.1 Å². The van der Waals surface area contributed by atoms with E-state index in [0.29, 0.717) is 29.7 Å². The predicted molar refractivity (Wildman–Crippen MR) is 125 cm³/mol. The predicted octanol–water partition coefficient (Wildman–Crippen LogP) is 6.21. The van der Waals surface area contributed by atoms with Gasteiger partial charge in [0.2, 0.25) is 6.54 Å². The van der Waals surface area contributed by atoms with Crippen molar-refractivity contribution in [2.45, 2.75) is 19.4 Å². The summed E-state index contributed by atoms with van der Waals surface area (Å²) in [5.41, 5.74) is 3.48. The smallest absolute Gasteiger partial charge is 0.214 e. The average Bonchev–Trinajstić information content (AvgIpc) is 3.22. The van der Waals surface area contributed by atoms with Gasteiger partial charge in [-0.15, -0.1) is 0 Å². The van der Waals surface area contributed by atoms with Gasteiger partial charge in [-0.2, -0.15) is 0 Å². The second kappa shape index (κ2) is 9.75. The third kappa shape index (κ3) is 4.70. The molecule has 32 heavy (non-hydrogen) atoms. The average molecular weight is 451 g/mol. The molecule has 0 bridgehead atoms. The van der Waals surface area contributed by atoms with Crippen LogP contribution in [0, 0.1) is 10.1 Å². The fourth-order valence-electron chi connectivity index (χ4n) is 3.81. The van der Waals surface area contributed by atoms with Gasteiger partial charge >= 0.3 is 0 Å². The van der Waals surface area contributed by atoms with Crippen LogP contribution in [0.2, 0.25) is 5.02 Å². The Morgan fingerprint density at radius 2 is 1.81 bits per heavy atom. The van der Waals surface area contributed by atoms with Crippen LogP contribution in [-0.4, -0.2) is 23.1 Å². The Morgan fingerprint density at radius 1 is 1.03 bits per heavy atom. The van der Waals surface area contributed by atoms with Crippen LogP contribution in [-0.2, 0) is 6.61 Å². The summed E-state index contributed by atoms with van der Waals surface area (Å²) in [6.07, 6.45) is 1.85. The highest BCUT2D eigenvalue weighted by Gasteiger charge is 2.24. The van der Waals surface area contributed by atoms with Crippen molar-refractivity contribution < 1.29 is 14.4 Å². The summed E-state index contributed by atoms with van der Waals surface area (Å²) < 4.78 is 11.8. The molecular formula is C25H23ClN2O4. The SMILES string of the molecule is CCOc1cc([C@H](C[N+](=O)[O-])c2c[nH]c3ccccc23)ccc1OCc1ccccc1Cl. The Kier molecular flexibility index (Phi) is 6.61. The molecule has 0 unspecified atom stereocenters. The van der Waals surface area contributed by atoms with Crippen LogP contribution >= 0.6 is 11.6 Å². The largest absolute Gasteiger partial charge is 0.490 e. The number of nitrogens with one attached hydrogen (secondary N) is 1. The number of fused-ring (bicyclic) bond motifs is 1. The number of aromatic nitrogens is 1. The molecule has 0 spiro atoms. The Labute approximate surface area is 190 Å². The molecule has 7 heteroatoms. The highest BCUT2D eigenvalue weighted by molar-refractivity contribution is 6.31. The maximum atomic E-state index is 11.5. The number of ether oxygens (including phenoxy) is 2. The minimum Gasteiger partial charge on any atom is -0.490 e. The molecule has 1 N–H and O–H groups in total. The van der Waals surface area contributed by atoms with Gasteiger partial charge in [0.25, 0.3) is 0 Å². The van der Waals surface area contributed by atoms with Crippen molar-refractivity contribution in [1.82, 2.24) is 4.98 Å². The van der Waals surface area contributed by atoms with Gasteiger partial charge < -0.3 is 14.5 Å². The lowest BCUT2D eigenvalue weighted by Gasteiger charge is -2.17. The minimum atomic E-state index is -0.432. The fraction of sp³-hybridized carbons (Fsp3) is 0.200. The third-order valence-corrected chi connectivity index (χ3v) is 5.71. The van der Waals surface area contributed by atoms with E-state index in [0.717, 1.165) is 27.6 Å². The van der Waals surface area contributed by atoms with Gasteiger partial charge in [-0.3, -0.25) is 10.1 Å². The summed E-state index contributed by atoms with van der Waals surface area (Å²) >= 11 is 6.23. The summed E-state index contributed by atoms with van der Waals surface area (Å²) in [6, 6.07) is 20.8. The zero-order valence-corrected chi connectivity index (χ0v) is 18.3. The topological polar surface area (TPSA) is 77.4 Å². The number of H-pyrrole nitrogens is 1. The first-order valence-corrected chi connectivity index (χ1v) is 10.8. The summed E-state index contributed by atoms with van der Waals surface area (Å²) in [7, 11) is 0. The van der Waals surface area contributed by atoms with E-state index in [1.54, 1.807) is 6.07 Å². The molecule has 6 nitrogen and oxygen atoms in total. The number of benzene rings is 3. The Hall–Kier alpha value is -3.51.